The molecule has 0 aliphatic heterocycles. The number of nitrogens with one attached hydrogen (secondary N) is 2. The van der Waals surface area contributed by atoms with E-state index >= 15 is 0 Å². The van der Waals surface area contributed by atoms with Crippen LogP contribution < -0.4 is 10.5 Å². The summed E-state index contributed by atoms with van der Waals surface area (Å²) >= 11 is 0. The third-order valence-corrected chi connectivity index (χ3v) is 5.82. The Morgan fingerprint density at radius 1 is 1.09 bits per heavy atom. The normalized spacial score (nSPS) is 11.3. The number of carboxylic acid groups (broad SMARTS) is 1. The maximum atomic E-state index is 14.9. The van der Waals surface area contributed by atoms with Crippen LogP contribution in [0.4, 0.5) is 19.5 Å². The summed E-state index contributed by atoms with van der Waals surface area (Å²) in [4.78, 5) is 31.7. The number of hydrogen-bond donors (Lipinski definition) is 3. The molecule has 10 heteroatoms. The molecule has 35 heavy (non-hydrogen) atoms. The Labute approximate surface area is 196 Å². The van der Waals surface area contributed by atoms with Gasteiger partial charge >= 0.3 is 6.09 Å². The molecule has 0 saturated carbocycles. The SMILES string of the molecule is CCN(C(=O)O)c1nc2cc(-c3cc(Cc4n[nH]c(=O)c5ccccc45)cc(F)c3F)ccc2[nH]1. The van der Waals surface area contributed by atoms with Crippen molar-refractivity contribution in [1.29, 1.82) is 0 Å². The van der Waals surface area contributed by atoms with E-state index in [2.05, 4.69) is 20.2 Å². The Morgan fingerprint density at radius 2 is 1.86 bits per heavy atom. The number of amides is 1. The van der Waals surface area contributed by atoms with Crippen LogP contribution in [0.25, 0.3) is 32.9 Å². The van der Waals surface area contributed by atoms with Gasteiger partial charge in [-0.3, -0.25) is 4.79 Å². The summed E-state index contributed by atoms with van der Waals surface area (Å²) in [6.07, 6.45) is -0.989. The fourth-order valence-electron chi connectivity index (χ4n) is 4.12. The number of hydrogen-bond acceptors (Lipinski definition) is 4. The van der Waals surface area contributed by atoms with Gasteiger partial charge in [-0.05, 0) is 48.4 Å². The molecule has 8 nitrogen and oxygen atoms in total. The monoisotopic (exact) mass is 475 g/mol. The zero-order valence-corrected chi connectivity index (χ0v) is 18.5. The van der Waals surface area contributed by atoms with E-state index in [9.17, 15) is 23.5 Å². The summed E-state index contributed by atoms with van der Waals surface area (Å²) in [6.45, 7) is 1.87. The van der Waals surface area contributed by atoms with Crippen molar-refractivity contribution < 1.29 is 18.7 Å². The van der Waals surface area contributed by atoms with Crippen LogP contribution >= 0.6 is 0 Å². The van der Waals surface area contributed by atoms with Crippen LogP contribution in [0.2, 0.25) is 0 Å². The molecule has 0 radical (unpaired) electrons. The molecule has 0 aliphatic rings. The van der Waals surface area contributed by atoms with Crippen molar-refractivity contribution in [3.05, 3.63) is 87.8 Å². The molecule has 0 aliphatic carbocycles. The van der Waals surface area contributed by atoms with Crippen LogP contribution in [-0.2, 0) is 6.42 Å². The molecular formula is C25H19F2N5O3. The molecule has 2 aromatic heterocycles. The summed E-state index contributed by atoms with van der Waals surface area (Å²) in [6, 6.07) is 14.4. The van der Waals surface area contributed by atoms with E-state index in [1.807, 2.05) is 0 Å². The molecule has 1 amide bonds. The Bertz CT molecular complexity index is 1660. The summed E-state index contributed by atoms with van der Waals surface area (Å²) in [7, 11) is 0. The van der Waals surface area contributed by atoms with Gasteiger partial charge in [0.25, 0.3) is 5.56 Å². The zero-order chi connectivity index (χ0) is 24.7. The Kier molecular flexibility index (Phi) is 5.48. The van der Waals surface area contributed by atoms with Gasteiger partial charge < -0.3 is 10.1 Å². The largest absolute Gasteiger partial charge is 0.465 e. The van der Waals surface area contributed by atoms with Gasteiger partial charge in [-0.15, -0.1) is 0 Å². The second-order valence-corrected chi connectivity index (χ2v) is 7.98. The summed E-state index contributed by atoms with van der Waals surface area (Å²) in [5.74, 6) is -1.88. The highest BCUT2D eigenvalue weighted by atomic mass is 19.2. The smallest absolute Gasteiger partial charge is 0.414 e. The lowest BCUT2D eigenvalue weighted by Crippen LogP contribution is -2.29. The van der Waals surface area contributed by atoms with Crippen molar-refractivity contribution >= 4 is 33.8 Å². The first-order valence-corrected chi connectivity index (χ1v) is 10.8. The molecule has 0 unspecified atom stereocenters. The van der Waals surface area contributed by atoms with Crippen molar-refractivity contribution in [2.45, 2.75) is 13.3 Å². The second kappa shape index (κ2) is 8.64. The topological polar surface area (TPSA) is 115 Å². The zero-order valence-electron chi connectivity index (χ0n) is 18.5. The number of benzene rings is 3. The number of H-pyrrole nitrogens is 2. The number of nitrogens with zero attached hydrogens (tertiary/aromatic N) is 3. The van der Waals surface area contributed by atoms with E-state index < -0.39 is 17.7 Å². The van der Waals surface area contributed by atoms with E-state index in [4.69, 9.17) is 0 Å². The number of imidazole rings is 1. The number of rotatable bonds is 5. The second-order valence-electron chi connectivity index (χ2n) is 7.98. The average Bonchev–Trinajstić information content (AvgIpc) is 3.26. The predicted molar refractivity (Wildman–Crippen MR) is 128 cm³/mol. The molecule has 3 N–H and O–H groups in total. The number of aromatic amines is 2. The predicted octanol–water partition coefficient (Wildman–Crippen LogP) is 4.84. The van der Waals surface area contributed by atoms with Crippen LogP contribution in [-0.4, -0.2) is 37.9 Å². The highest BCUT2D eigenvalue weighted by Crippen LogP contribution is 2.30. The minimum absolute atomic E-state index is 0.0331. The lowest BCUT2D eigenvalue weighted by atomic mass is 9.98. The molecule has 0 spiro atoms. The third-order valence-electron chi connectivity index (χ3n) is 5.82. The van der Waals surface area contributed by atoms with Gasteiger partial charge in [-0.2, -0.15) is 5.10 Å². The molecule has 5 aromatic rings. The minimum Gasteiger partial charge on any atom is -0.465 e. The van der Waals surface area contributed by atoms with Gasteiger partial charge in [0, 0.05) is 23.9 Å². The first-order valence-electron chi connectivity index (χ1n) is 10.8. The number of carbonyl (C=O) groups is 1. The highest BCUT2D eigenvalue weighted by Gasteiger charge is 2.18. The van der Waals surface area contributed by atoms with E-state index in [0.29, 0.717) is 38.6 Å². The van der Waals surface area contributed by atoms with Crippen molar-refractivity contribution in [2.75, 3.05) is 11.4 Å². The molecule has 0 atom stereocenters. The number of aromatic nitrogens is 4. The van der Waals surface area contributed by atoms with Gasteiger partial charge in [-0.25, -0.2) is 28.6 Å². The van der Waals surface area contributed by atoms with Gasteiger partial charge in [0.1, 0.15) is 0 Å². The molecule has 5 rings (SSSR count). The van der Waals surface area contributed by atoms with Crippen LogP contribution in [0.15, 0.2) is 59.4 Å². The quantitative estimate of drug-likeness (QED) is 0.337. The van der Waals surface area contributed by atoms with Gasteiger partial charge in [0.2, 0.25) is 5.95 Å². The van der Waals surface area contributed by atoms with Gasteiger partial charge in [0.15, 0.2) is 11.6 Å². The maximum Gasteiger partial charge on any atom is 0.414 e. The van der Waals surface area contributed by atoms with Crippen LogP contribution in [0.1, 0.15) is 18.2 Å². The Morgan fingerprint density at radius 3 is 2.60 bits per heavy atom. The van der Waals surface area contributed by atoms with Crippen molar-refractivity contribution in [3.63, 3.8) is 0 Å². The standard InChI is InChI=1S/C25H19F2N5O3/c1-2-32(25(34)35)24-28-19-8-7-14(12-21(19)29-24)17-9-13(10-18(26)22(17)27)11-20-15-5-3-4-6-16(15)23(33)31-30-20/h3-10,12H,2,11H2,1H3,(H,28,29)(H,31,33)(H,34,35). The van der Waals surface area contributed by atoms with Crippen LogP contribution in [0.5, 0.6) is 0 Å². The van der Waals surface area contributed by atoms with E-state index in [1.54, 1.807) is 49.4 Å². The fourth-order valence-corrected chi connectivity index (χ4v) is 4.12. The van der Waals surface area contributed by atoms with Crippen molar-refractivity contribution in [2.24, 2.45) is 0 Å². The summed E-state index contributed by atoms with van der Waals surface area (Å²) < 4.78 is 29.5. The molecule has 0 saturated heterocycles. The molecule has 176 valence electrons. The number of anilines is 1. The Hall–Kier alpha value is -4.60. The van der Waals surface area contributed by atoms with E-state index in [0.717, 1.165) is 11.0 Å². The van der Waals surface area contributed by atoms with Crippen LogP contribution in [0, 0.1) is 11.6 Å². The molecule has 3 aromatic carbocycles. The fraction of sp³-hybridized carbons (Fsp3) is 0.120. The summed E-state index contributed by atoms with van der Waals surface area (Å²) in [5.41, 5.74) is 2.05. The average molecular weight is 475 g/mol. The van der Waals surface area contributed by atoms with Crippen molar-refractivity contribution in [3.8, 4) is 11.1 Å². The maximum absolute atomic E-state index is 14.9. The minimum atomic E-state index is -1.16. The molecule has 0 fully saturated rings. The third kappa shape index (κ3) is 3.99. The van der Waals surface area contributed by atoms with E-state index in [1.165, 1.54) is 6.07 Å². The first kappa shape index (κ1) is 22.2. The molecule has 2 heterocycles. The lowest BCUT2D eigenvalue weighted by molar-refractivity contribution is 0.202. The summed E-state index contributed by atoms with van der Waals surface area (Å²) in [5, 5.41) is 17.0. The highest BCUT2D eigenvalue weighted by molar-refractivity contribution is 5.89. The molecule has 0 bridgehead atoms. The number of fused-ring (bicyclic) bond motifs is 2. The van der Waals surface area contributed by atoms with Crippen molar-refractivity contribution in [1.82, 2.24) is 20.2 Å². The molecular weight excluding hydrogens is 456 g/mol. The number of halogens is 2. The lowest BCUT2D eigenvalue weighted by Gasteiger charge is -2.12. The van der Waals surface area contributed by atoms with Crippen LogP contribution in [0.3, 0.4) is 0 Å². The van der Waals surface area contributed by atoms with Gasteiger partial charge in [-0.1, -0.05) is 24.3 Å². The Balaban J connectivity index is 1.56. The first-order chi connectivity index (χ1) is 16.9. The van der Waals surface area contributed by atoms with E-state index in [-0.39, 0.29) is 30.0 Å². The van der Waals surface area contributed by atoms with Gasteiger partial charge in [0.05, 0.1) is 22.1 Å².